The number of carbonyl (C=O) groups is 2. The Morgan fingerprint density at radius 3 is 2.30 bits per heavy atom. The van der Waals surface area contributed by atoms with Gasteiger partial charge in [-0.05, 0) is 64.3 Å². The number of ether oxygens (including phenoxy) is 1. The maximum atomic E-state index is 12.6. The van der Waals surface area contributed by atoms with Crippen LogP contribution in [0, 0.1) is 5.41 Å². The van der Waals surface area contributed by atoms with Gasteiger partial charge < -0.3 is 15.0 Å². The van der Waals surface area contributed by atoms with Crippen molar-refractivity contribution in [1.29, 1.82) is 0 Å². The summed E-state index contributed by atoms with van der Waals surface area (Å²) in [4.78, 5) is 27.0. The normalized spacial score (nSPS) is 15.2. The van der Waals surface area contributed by atoms with Gasteiger partial charge in [0.1, 0.15) is 11.2 Å². The van der Waals surface area contributed by atoms with E-state index in [0.29, 0.717) is 12.3 Å². The number of hydrogen-bond acceptors (Lipinski definition) is 3. The van der Waals surface area contributed by atoms with Crippen LogP contribution in [0.25, 0.3) is 0 Å². The molecule has 1 aliphatic heterocycles. The minimum absolute atomic E-state index is 0.0966. The number of carbonyl (C=O) groups excluding carboxylic acids is 2. The van der Waals surface area contributed by atoms with E-state index in [0.717, 1.165) is 38.1 Å². The number of nitrogens with zero attached hydrogens (tertiary/aromatic N) is 1. The van der Waals surface area contributed by atoms with E-state index < -0.39 is 5.41 Å². The van der Waals surface area contributed by atoms with Gasteiger partial charge in [-0.3, -0.25) is 9.59 Å². The van der Waals surface area contributed by atoms with Crippen molar-refractivity contribution >= 4 is 17.5 Å². The van der Waals surface area contributed by atoms with Crippen LogP contribution in [0.2, 0.25) is 0 Å². The Hall–Kier alpha value is -2.04. The molecule has 1 fully saturated rings. The molecule has 5 nitrogen and oxygen atoms in total. The highest BCUT2D eigenvalue weighted by Gasteiger charge is 2.39. The Labute approximate surface area is 138 Å². The van der Waals surface area contributed by atoms with Gasteiger partial charge >= 0.3 is 0 Å². The molecular formula is C18H26N2O3. The Morgan fingerprint density at radius 1 is 1.13 bits per heavy atom. The van der Waals surface area contributed by atoms with E-state index in [9.17, 15) is 9.59 Å². The highest BCUT2D eigenvalue weighted by molar-refractivity contribution is 6.09. The summed E-state index contributed by atoms with van der Waals surface area (Å²) >= 11 is 0. The van der Waals surface area contributed by atoms with Crippen molar-refractivity contribution in [2.45, 2.75) is 40.0 Å². The average Bonchev–Trinajstić information content (AvgIpc) is 2.57. The largest absolute Gasteiger partial charge is 0.494 e. The molecule has 1 aromatic carbocycles. The molecule has 0 atom stereocenters. The van der Waals surface area contributed by atoms with E-state index in [1.54, 1.807) is 43.0 Å². The molecule has 0 aromatic heterocycles. The zero-order valence-electron chi connectivity index (χ0n) is 14.2. The quantitative estimate of drug-likeness (QED) is 0.849. The molecule has 2 amide bonds. The standard InChI is InChI=1S/C18H26N2O3/c1-4-23-15-10-8-14(9-11-15)19-16(21)18(2,3)17(22)20-12-6-5-7-13-20/h8-11H,4-7,12-13H2,1-3H3,(H,19,21). The third-order valence-electron chi connectivity index (χ3n) is 4.17. The Balaban J connectivity index is 2.01. The summed E-state index contributed by atoms with van der Waals surface area (Å²) < 4.78 is 5.38. The topological polar surface area (TPSA) is 58.6 Å². The van der Waals surface area contributed by atoms with Crippen molar-refractivity contribution < 1.29 is 14.3 Å². The summed E-state index contributed by atoms with van der Waals surface area (Å²) in [5.41, 5.74) is -0.409. The lowest BCUT2D eigenvalue weighted by Gasteiger charge is -2.33. The summed E-state index contributed by atoms with van der Waals surface area (Å²) in [6.07, 6.45) is 3.19. The molecular weight excluding hydrogens is 292 g/mol. The molecule has 1 N–H and O–H groups in total. The van der Waals surface area contributed by atoms with Crippen LogP contribution in [0.4, 0.5) is 5.69 Å². The van der Waals surface area contributed by atoms with Gasteiger partial charge in [0.05, 0.1) is 6.61 Å². The van der Waals surface area contributed by atoms with E-state index in [4.69, 9.17) is 4.74 Å². The molecule has 0 saturated carbocycles. The lowest BCUT2D eigenvalue weighted by Crippen LogP contribution is -2.48. The van der Waals surface area contributed by atoms with Gasteiger partial charge in [-0.2, -0.15) is 0 Å². The molecule has 1 aromatic rings. The predicted molar refractivity (Wildman–Crippen MR) is 90.5 cm³/mol. The maximum absolute atomic E-state index is 12.6. The number of piperidine rings is 1. The molecule has 0 radical (unpaired) electrons. The highest BCUT2D eigenvalue weighted by atomic mass is 16.5. The lowest BCUT2D eigenvalue weighted by molar-refractivity contribution is -0.147. The number of benzene rings is 1. The van der Waals surface area contributed by atoms with E-state index >= 15 is 0 Å². The van der Waals surface area contributed by atoms with Gasteiger partial charge in [0.25, 0.3) is 0 Å². The summed E-state index contributed by atoms with van der Waals surface area (Å²) in [6, 6.07) is 7.17. The molecule has 0 bridgehead atoms. The molecule has 1 saturated heterocycles. The van der Waals surface area contributed by atoms with E-state index in [1.807, 2.05) is 6.92 Å². The molecule has 0 unspecified atom stereocenters. The first-order valence-corrected chi connectivity index (χ1v) is 8.29. The van der Waals surface area contributed by atoms with Crippen LogP contribution in [-0.2, 0) is 9.59 Å². The van der Waals surface area contributed by atoms with Crippen molar-refractivity contribution in [3.8, 4) is 5.75 Å². The zero-order valence-corrected chi connectivity index (χ0v) is 14.2. The number of likely N-dealkylation sites (tertiary alicyclic amines) is 1. The van der Waals surface area contributed by atoms with Crippen molar-refractivity contribution in [2.75, 3.05) is 25.0 Å². The van der Waals surface area contributed by atoms with Crippen LogP contribution in [0.1, 0.15) is 40.0 Å². The molecule has 2 rings (SSSR count). The molecule has 1 aliphatic rings. The fourth-order valence-electron chi connectivity index (χ4n) is 2.68. The van der Waals surface area contributed by atoms with Crippen LogP contribution < -0.4 is 10.1 Å². The third kappa shape index (κ3) is 4.24. The number of amides is 2. The average molecular weight is 318 g/mol. The van der Waals surface area contributed by atoms with Crippen molar-refractivity contribution in [3.63, 3.8) is 0 Å². The number of rotatable bonds is 5. The Morgan fingerprint density at radius 2 is 1.74 bits per heavy atom. The Bertz CT molecular complexity index is 546. The second-order valence-corrected chi connectivity index (χ2v) is 6.39. The summed E-state index contributed by atoms with van der Waals surface area (Å²) in [5.74, 6) is 0.382. The van der Waals surface area contributed by atoms with Crippen LogP contribution in [0.3, 0.4) is 0 Å². The summed E-state index contributed by atoms with van der Waals surface area (Å²) in [5, 5.41) is 2.83. The van der Waals surface area contributed by atoms with E-state index in [2.05, 4.69) is 5.32 Å². The van der Waals surface area contributed by atoms with Crippen LogP contribution in [0.5, 0.6) is 5.75 Å². The minimum atomic E-state index is -1.07. The minimum Gasteiger partial charge on any atom is -0.494 e. The lowest BCUT2D eigenvalue weighted by atomic mass is 9.89. The molecule has 0 aliphatic carbocycles. The second-order valence-electron chi connectivity index (χ2n) is 6.39. The SMILES string of the molecule is CCOc1ccc(NC(=O)C(C)(C)C(=O)N2CCCCC2)cc1. The van der Waals surface area contributed by atoms with Gasteiger partial charge in [-0.1, -0.05) is 0 Å². The van der Waals surface area contributed by atoms with Crippen LogP contribution >= 0.6 is 0 Å². The second kappa shape index (κ2) is 7.49. The summed E-state index contributed by atoms with van der Waals surface area (Å²) in [6.45, 7) is 7.40. The monoisotopic (exact) mass is 318 g/mol. The van der Waals surface area contributed by atoms with E-state index in [-0.39, 0.29) is 11.8 Å². The van der Waals surface area contributed by atoms with Gasteiger partial charge in [0.15, 0.2) is 0 Å². The van der Waals surface area contributed by atoms with Gasteiger partial charge in [0, 0.05) is 18.8 Å². The Kier molecular flexibility index (Phi) is 5.64. The molecule has 23 heavy (non-hydrogen) atoms. The number of hydrogen-bond donors (Lipinski definition) is 1. The van der Waals surface area contributed by atoms with Crippen molar-refractivity contribution in [2.24, 2.45) is 5.41 Å². The fraction of sp³-hybridized carbons (Fsp3) is 0.556. The predicted octanol–water partition coefficient (Wildman–Crippen LogP) is 3.06. The highest BCUT2D eigenvalue weighted by Crippen LogP contribution is 2.25. The number of anilines is 1. The van der Waals surface area contributed by atoms with Crippen LogP contribution in [0.15, 0.2) is 24.3 Å². The molecule has 5 heteroatoms. The smallest absolute Gasteiger partial charge is 0.239 e. The van der Waals surface area contributed by atoms with Gasteiger partial charge in [-0.15, -0.1) is 0 Å². The zero-order chi connectivity index (χ0) is 16.9. The first-order valence-electron chi connectivity index (χ1n) is 8.29. The van der Waals surface area contributed by atoms with Gasteiger partial charge in [0.2, 0.25) is 11.8 Å². The maximum Gasteiger partial charge on any atom is 0.239 e. The number of nitrogens with one attached hydrogen (secondary N) is 1. The first-order chi connectivity index (χ1) is 10.9. The van der Waals surface area contributed by atoms with Crippen molar-refractivity contribution in [3.05, 3.63) is 24.3 Å². The first kappa shape index (κ1) is 17.3. The van der Waals surface area contributed by atoms with E-state index in [1.165, 1.54) is 0 Å². The molecule has 1 heterocycles. The van der Waals surface area contributed by atoms with Crippen molar-refractivity contribution in [1.82, 2.24) is 4.90 Å². The summed E-state index contributed by atoms with van der Waals surface area (Å²) in [7, 11) is 0. The fourth-order valence-corrected chi connectivity index (χ4v) is 2.68. The molecule has 126 valence electrons. The van der Waals surface area contributed by atoms with Gasteiger partial charge in [-0.25, -0.2) is 0 Å². The third-order valence-corrected chi connectivity index (χ3v) is 4.17. The van der Waals surface area contributed by atoms with Crippen LogP contribution in [-0.4, -0.2) is 36.4 Å². The molecule has 0 spiro atoms.